The van der Waals surface area contributed by atoms with Crippen molar-refractivity contribution in [1.82, 2.24) is 10.6 Å². The highest BCUT2D eigenvalue weighted by molar-refractivity contribution is 5.85. The zero-order chi connectivity index (χ0) is 11.4. The Bertz CT molecular complexity index is 245. The smallest absolute Gasteiger partial charge is 0.225 e. The van der Waals surface area contributed by atoms with E-state index in [0.29, 0.717) is 18.6 Å². The van der Waals surface area contributed by atoms with Crippen molar-refractivity contribution in [2.24, 2.45) is 11.8 Å². The predicted molar refractivity (Wildman–Crippen MR) is 69.4 cm³/mol. The van der Waals surface area contributed by atoms with Gasteiger partial charge in [0.15, 0.2) is 0 Å². The molecule has 0 bridgehead atoms. The molecule has 0 aromatic carbocycles. The molecule has 0 aromatic rings. The minimum atomic E-state index is 0. The normalized spacial score (nSPS) is 33.6. The van der Waals surface area contributed by atoms with Crippen LogP contribution in [0.3, 0.4) is 0 Å². The summed E-state index contributed by atoms with van der Waals surface area (Å²) in [6.45, 7) is 5.62. The zero-order valence-corrected chi connectivity index (χ0v) is 11.2. The lowest BCUT2D eigenvalue weighted by atomic mass is 9.93. The highest BCUT2D eigenvalue weighted by Gasteiger charge is 2.27. The number of piperidine rings is 1. The highest BCUT2D eigenvalue weighted by atomic mass is 35.5. The quantitative estimate of drug-likeness (QED) is 0.779. The Morgan fingerprint density at radius 3 is 2.88 bits per heavy atom. The van der Waals surface area contributed by atoms with Gasteiger partial charge in [0.05, 0.1) is 12.5 Å². The monoisotopic (exact) mass is 262 g/mol. The molecule has 0 spiro atoms. The molecule has 2 N–H and O–H groups in total. The zero-order valence-electron chi connectivity index (χ0n) is 10.4. The van der Waals surface area contributed by atoms with E-state index >= 15 is 0 Å². The second-order valence-electron chi connectivity index (χ2n) is 5.00. The molecule has 4 nitrogen and oxygen atoms in total. The maximum absolute atomic E-state index is 12.0. The molecule has 2 aliphatic heterocycles. The maximum atomic E-state index is 12.0. The molecule has 1 amide bonds. The second kappa shape index (κ2) is 7.19. The molecule has 0 aromatic heterocycles. The third-order valence-corrected chi connectivity index (χ3v) is 3.64. The summed E-state index contributed by atoms with van der Waals surface area (Å²) < 4.78 is 5.35. The largest absolute Gasteiger partial charge is 0.381 e. The van der Waals surface area contributed by atoms with Crippen molar-refractivity contribution in [3.63, 3.8) is 0 Å². The van der Waals surface area contributed by atoms with Gasteiger partial charge in [-0.15, -0.1) is 12.4 Å². The van der Waals surface area contributed by atoms with Crippen LogP contribution >= 0.6 is 12.4 Å². The maximum Gasteiger partial charge on any atom is 0.225 e. The van der Waals surface area contributed by atoms with Gasteiger partial charge in [0.1, 0.15) is 0 Å². The fourth-order valence-electron chi connectivity index (χ4n) is 2.48. The number of hydrogen-bond acceptors (Lipinski definition) is 3. The van der Waals surface area contributed by atoms with Crippen molar-refractivity contribution in [1.29, 1.82) is 0 Å². The van der Waals surface area contributed by atoms with Crippen molar-refractivity contribution in [2.75, 3.05) is 26.3 Å². The van der Waals surface area contributed by atoms with Gasteiger partial charge >= 0.3 is 0 Å². The minimum absolute atomic E-state index is 0. The summed E-state index contributed by atoms with van der Waals surface area (Å²) >= 11 is 0. The van der Waals surface area contributed by atoms with E-state index in [1.165, 1.54) is 0 Å². The van der Waals surface area contributed by atoms with Gasteiger partial charge < -0.3 is 15.4 Å². The van der Waals surface area contributed by atoms with Gasteiger partial charge in [-0.05, 0) is 38.3 Å². The number of nitrogens with one attached hydrogen (secondary N) is 2. The molecular weight excluding hydrogens is 240 g/mol. The van der Waals surface area contributed by atoms with Crippen LogP contribution < -0.4 is 10.6 Å². The van der Waals surface area contributed by atoms with E-state index in [2.05, 4.69) is 17.6 Å². The third-order valence-electron chi connectivity index (χ3n) is 3.64. The van der Waals surface area contributed by atoms with Crippen molar-refractivity contribution in [3.8, 4) is 0 Å². The molecule has 2 rings (SSSR count). The van der Waals surface area contributed by atoms with Crippen LogP contribution in [0.25, 0.3) is 0 Å². The molecule has 0 radical (unpaired) electrons. The Morgan fingerprint density at radius 1 is 1.41 bits per heavy atom. The first-order chi connectivity index (χ1) is 7.77. The first-order valence-corrected chi connectivity index (χ1v) is 6.36. The molecule has 2 fully saturated rings. The van der Waals surface area contributed by atoms with E-state index in [4.69, 9.17) is 4.74 Å². The number of carbonyl (C=O) groups excluding carboxylic acids is 1. The molecule has 0 aliphatic carbocycles. The summed E-state index contributed by atoms with van der Waals surface area (Å²) in [7, 11) is 0. The van der Waals surface area contributed by atoms with Crippen LogP contribution in [0.15, 0.2) is 0 Å². The number of halogens is 1. The predicted octanol–water partition coefficient (Wildman–Crippen LogP) is 0.949. The van der Waals surface area contributed by atoms with E-state index in [0.717, 1.165) is 39.0 Å². The van der Waals surface area contributed by atoms with Gasteiger partial charge in [-0.2, -0.15) is 0 Å². The van der Waals surface area contributed by atoms with Crippen LogP contribution in [0.5, 0.6) is 0 Å². The van der Waals surface area contributed by atoms with Gasteiger partial charge in [-0.3, -0.25) is 4.79 Å². The molecule has 3 atom stereocenters. The van der Waals surface area contributed by atoms with Crippen molar-refractivity contribution in [3.05, 3.63) is 0 Å². The fraction of sp³-hybridized carbons (Fsp3) is 0.917. The van der Waals surface area contributed by atoms with E-state index < -0.39 is 0 Å². The highest BCUT2D eigenvalue weighted by Crippen LogP contribution is 2.16. The number of hydrogen-bond donors (Lipinski definition) is 2. The van der Waals surface area contributed by atoms with Gasteiger partial charge in [0, 0.05) is 12.6 Å². The van der Waals surface area contributed by atoms with E-state index in [-0.39, 0.29) is 24.2 Å². The van der Waals surface area contributed by atoms with Crippen molar-refractivity contribution in [2.45, 2.75) is 32.2 Å². The molecule has 17 heavy (non-hydrogen) atoms. The first kappa shape index (κ1) is 14.7. The Hall–Kier alpha value is -0.320. The van der Waals surface area contributed by atoms with Crippen LogP contribution in [0.4, 0.5) is 0 Å². The Kier molecular flexibility index (Phi) is 6.23. The van der Waals surface area contributed by atoms with E-state index in [9.17, 15) is 4.79 Å². The topological polar surface area (TPSA) is 50.4 Å². The summed E-state index contributed by atoms with van der Waals surface area (Å²) in [5.74, 6) is 0.802. The summed E-state index contributed by atoms with van der Waals surface area (Å²) in [6.07, 6.45) is 3.03. The summed E-state index contributed by atoms with van der Waals surface area (Å²) in [5.41, 5.74) is 0. The summed E-state index contributed by atoms with van der Waals surface area (Å²) in [5, 5.41) is 6.52. The van der Waals surface area contributed by atoms with Gasteiger partial charge in [-0.25, -0.2) is 0 Å². The van der Waals surface area contributed by atoms with Gasteiger partial charge in [0.25, 0.3) is 0 Å². The SMILES string of the molecule is CC1CNCCC1NC(=O)C1CCCOC1.Cl. The molecule has 5 heteroatoms. The lowest BCUT2D eigenvalue weighted by Crippen LogP contribution is -2.50. The van der Waals surface area contributed by atoms with Crippen LogP contribution in [0.1, 0.15) is 26.2 Å². The molecule has 2 saturated heterocycles. The Balaban J connectivity index is 0.00000144. The standard InChI is InChI=1S/C12H22N2O2.ClH/c1-9-7-13-5-4-11(9)14-12(15)10-3-2-6-16-8-10;/h9-11,13H,2-8H2,1H3,(H,14,15);1H. The number of amides is 1. The third kappa shape index (κ3) is 4.12. The van der Waals surface area contributed by atoms with E-state index in [1.54, 1.807) is 0 Å². The van der Waals surface area contributed by atoms with Crippen LogP contribution in [-0.2, 0) is 9.53 Å². The molecular formula is C12H23ClN2O2. The average Bonchev–Trinajstić information content (AvgIpc) is 2.33. The Labute approximate surface area is 109 Å². The lowest BCUT2D eigenvalue weighted by Gasteiger charge is -2.32. The lowest BCUT2D eigenvalue weighted by molar-refractivity contribution is -0.130. The second-order valence-corrected chi connectivity index (χ2v) is 5.00. The minimum Gasteiger partial charge on any atom is -0.381 e. The summed E-state index contributed by atoms with van der Waals surface area (Å²) in [4.78, 5) is 12.0. The Morgan fingerprint density at radius 2 is 2.24 bits per heavy atom. The summed E-state index contributed by atoms with van der Waals surface area (Å²) in [6, 6.07) is 0.343. The van der Waals surface area contributed by atoms with Crippen LogP contribution in [0.2, 0.25) is 0 Å². The molecule has 2 aliphatic rings. The van der Waals surface area contributed by atoms with Gasteiger partial charge in [-0.1, -0.05) is 6.92 Å². The fourth-order valence-corrected chi connectivity index (χ4v) is 2.48. The number of rotatable bonds is 2. The first-order valence-electron chi connectivity index (χ1n) is 6.36. The molecule has 100 valence electrons. The van der Waals surface area contributed by atoms with Crippen LogP contribution in [-0.4, -0.2) is 38.3 Å². The molecule has 3 unspecified atom stereocenters. The van der Waals surface area contributed by atoms with Crippen LogP contribution in [0, 0.1) is 11.8 Å². The van der Waals surface area contributed by atoms with Gasteiger partial charge in [0.2, 0.25) is 5.91 Å². The number of ether oxygens (including phenoxy) is 1. The van der Waals surface area contributed by atoms with E-state index in [1.807, 2.05) is 0 Å². The van der Waals surface area contributed by atoms with Crippen molar-refractivity contribution < 1.29 is 9.53 Å². The molecule has 2 heterocycles. The van der Waals surface area contributed by atoms with Crippen molar-refractivity contribution >= 4 is 18.3 Å². The molecule has 0 saturated carbocycles. The number of carbonyl (C=O) groups is 1. The average molecular weight is 263 g/mol.